The van der Waals surface area contributed by atoms with E-state index in [-0.39, 0.29) is 23.0 Å². The van der Waals surface area contributed by atoms with Gasteiger partial charge in [-0.15, -0.1) is 21.5 Å². The summed E-state index contributed by atoms with van der Waals surface area (Å²) >= 11 is 0.967. The summed E-state index contributed by atoms with van der Waals surface area (Å²) in [4.78, 5) is 11.1. The van der Waals surface area contributed by atoms with Gasteiger partial charge in [0.15, 0.2) is 5.75 Å². The molecule has 0 aliphatic heterocycles. The molecule has 3 aromatic heterocycles. The van der Waals surface area contributed by atoms with Crippen LogP contribution < -0.4 is 24.4 Å². The van der Waals surface area contributed by atoms with E-state index in [2.05, 4.69) is 25.5 Å². The van der Waals surface area contributed by atoms with Crippen LogP contribution in [0, 0.1) is 0 Å². The molecule has 0 spiro atoms. The highest BCUT2D eigenvalue weighted by Crippen LogP contribution is 2.38. The van der Waals surface area contributed by atoms with Crippen molar-refractivity contribution in [2.75, 3.05) is 19.1 Å². The minimum absolute atomic E-state index is 0.00736. The standard InChI is InChI=1S/C28H37B6F3N6O4S/c1-43(22-17-9-16(11-26(35,36)37)48-24(17)40-25(39-22)45-2)19-7-15(8-20(19)44)38-12-13-3-5-14(6-4-13)18-10-21(46-27(29,30)31)23(42-41-18)47-28(32,33)34/h3-6,9-10,15,19-20,38,44H,7-8,11-12,29-34H2,1-2H3/t15-,19+,20-/m1/s1. The number of aliphatic hydroxyl groups is 1. The van der Waals surface area contributed by atoms with Gasteiger partial charge in [0, 0.05) is 46.7 Å². The molecule has 1 aromatic carbocycles. The third-order valence-electron chi connectivity index (χ3n) is 7.68. The van der Waals surface area contributed by atoms with E-state index in [0.29, 0.717) is 52.7 Å². The number of methoxy groups -OCH3 is 1. The van der Waals surface area contributed by atoms with E-state index in [1.165, 1.54) is 13.2 Å². The van der Waals surface area contributed by atoms with Gasteiger partial charge >= 0.3 is 12.2 Å². The first kappa shape index (κ1) is 35.9. The molecule has 10 nitrogen and oxygen atoms in total. The molecule has 0 bridgehead atoms. The number of hydrogen-bond acceptors (Lipinski definition) is 11. The molecule has 0 radical (unpaired) electrons. The summed E-state index contributed by atoms with van der Waals surface area (Å²) in [5.41, 5.74) is 2.59. The van der Waals surface area contributed by atoms with E-state index in [4.69, 9.17) is 14.2 Å². The van der Waals surface area contributed by atoms with Crippen LogP contribution in [0.1, 0.15) is 23.3 Å². The van der Waals surface area contributed by atoms with Crippen molar-refractivity contribution in [3.05, 3.63) is 46.8 Å². The number of nitrogens with one attached hydrogen (secondary N) is 1. The second-order valence-corrected chi connectivity index (χ2v) is 15.2. The van der Waals surface area contributed by atoms with E-state index in [1.807, 2.05) is 82.3 Å². The summed E-state index contributed by atoms with van der Waals surface area (Å²) in [6.45, 7) is 0.577. The van der Waals surface area contributed by atoms with Crippen molar-refractivity contribution in [1.82, 2.24) is 25.5 Å². The van der Waals surface area contributed by atoms with Gasteiger partial charge in [-0.1, -0.05) is 24.3 Å². The Morgan fingerprint density at radius 3 is 2.29 bits per heavy atom. The monoisotopic (exact) mass is 676 g/mol. The van der Waals surface area contributed by atoms with Crippen molar-refractivity contribution in [3.63, 3.8) is 0 Å². The Labute approximate surface area is 287 Å². The number of thiophene rings is 1. The third kappa shape index (κ3) is 9.20. The first-order chi connectivity index (χ1) is 22.4. The average Bonchev–Trinajstić information content (AvgIpc) is 3.55. The van der Waals surface area contributed by atoms with E-state index >= 15 is 0 Å². The van der Waals surface area contributed by atoms with Crippen molar-refractivity contribution in [2.45, 2.75) is 60.8 Å². The molecule has 3 heterocycles. The van der Waals surface area contributed by atoms with Crippen LogP contribution in [0.15, 0.2) is 36.4 Å². The molecular weight excluding hydrogens is 638 g/mol. The summed E-state index contributed by atoms with van der Waals surface area (Å²) in [5.74, 6) is 1.29. The maximum absolute atomic E-state index is 13.1. The number of aromatic nitrogens is 4. The Morgan fingerprint density at radius 2 is 1.67 bits per heavy atom. The highest BCUT2D eigenvalue weighted by atomic mass is 32.1. The van der Waals surface area contributed by atoms with Crippen LogP contribution >= 0.6 is 11.3 Å². The van der Waals surface area contributed by atoms with E-state index in [0.717, 1.165) is 22.5 Å². The predicted molar refractivity (Wildman–Crippen MR) is 197 cm³/mol. The van der Waals surface area contributed by atoms with Gasteiger partial charge in [-0.3, -0.25) is 0 Å². The molecule has 1 aliphatic rings. The Bertz CT molecular complexity index is 1740. The van der Waals surface area contributed by atoms with Crippen LogP contribution in [-0.2, 0) is 13.0 Å². The molecule has 0 amide bonds. The van der Waals surface area contributed by atoms with Gasteiger partial charge in [0.2, 0.25) is 0 Å². The first-order valence-electron chi connectivity index (χ1n) is 15.8. The summed E-state index contributed by atoms with van der Waals surface area (Å²) in [5, 5.41) is 22.9. The van der Waals surface area contributed by atoms with Crippen LogP contribution in [-0.4, -0.2) is 121 Å². The molecule has 20 heteroatoms. The zero-order valence-corrected chi connectivity index (χ0v) is 29.3. The van der Waals surface area contributed by atoms with E-state index in [9.17, 15) is 18.3 Å². The number of anilines is 1. The molecule has 2 N–H and O–H groups in total. The normalized spacial score (nSPS) is 18.6. The summed E-state index contributed by atoms with van der Waals surface area (Å²) < 4.78 is 56.7. The number of benzene rings is 1. The molecular formula is C28H37B6F3N6O4S. The Hall–Kier alpha value is -3.36. The summed E-state index contributed by atoms with van der Waals surface area (Å²) in [6.07, 6.45) is -4.93. The van der Waals surface area contributed by atoms with Crippen LogP contribution in [0.3, 0.4) is 0 Å². The average molecular weight is 676 g/mol. The highest BCUT2D eigenvalue weighted by Gasteiger charge is 2.37. The lowest BCUT2D eigenvalue weighted by atomic mass is 9.52. The molecule has 5 rings (SSSR count). The van der Waals surface area contributed by atoms with Gasteiger partial charge in [-0.05, 0) is 24.5 Å². The lowest BCUT2D eigenvalue weighted by Gasteiger charge is -2.28. The number of alkyl halides is 3. The molecule has 48 heavy (non-hydrogen) atoms. The van der Waals surface area contributed by atoms with Crippen molar-refractivity contribution in [3.8, 4) is 28.9 Å². The van der Waals surface area contributed by atoms with Crippen molar-refractivity contribution in [2.24, 2.45) is 0 Å². The first-order valence-corrected chi connectivity index (χ1v) is 16.6. The maximum Gasteiger partial charge on any atom is 0.393 e. The second-order valence-electron chi connectivity index (χ2n) is 14.1. The number of rotatable bonds is 12. The molecule has 248 valence electrons. The number of likely N-dealkylation sites (N-methyl/N-ethyl adjacent to an activating group) is 1. The van der Waals surface area contributed by atoms with Gasteiger partial charge in [0.1, 0.15) is 57.7 Å². The Kier molecular flexibility index (Phi) is 10.4. The van der Waals surface area contributed by atoms with Crippen molar-refractivity contribution >= 4 is 74.4 Å². The molecule has 1 saturated carbocycles. The summed E-state index contributed by atoms with van der Waals surface area (Å²) in [6, 6.07) is 11.1. The largest absolute Gasteiger partial charge is 0.509 e. The quantitative estimate of drug-likeness (QED) is 0.166. The van der Waals surface area contributed by atoms with Crippen LogP contribution in [0.4, 0.5) is 19.0 Å². The number of ether oxygens (including phenoxy) is 3. The predicted octanol–water partition coefficient (Wildman–Crippen LogP) is -1.84. The molecule has 1 fully saturated rings. The molecule has 4 aromatic rings. The zero-order chi connectivity index (χ0) is 35.0. The molecule has 1 aliphatic carbocycles. The number of fused-ring (bicyclic) bond motifs is 1. The minimum Gasteiger partial charge on any atom is -0.509 e. The van der Waals surface area contributed by atoms with Crippen LogP contribution in [0.2, 0.25) is 0 Å². The smallest absolute Gasteiger partial charge is 0.393 e. The zero-order valence-electron chi connectivity index (χ0n) is 28.5. The minimum atomic E-state index is -4.34. The van der Waals surface area contributed by atoms with E-state index in [1.54, 1.807) is 7.05 Å². The van der Waals surface area contributed by atoms with Crippen LogP contribution in [0.25, 0.3) is 21.5 Å². The van der Waals surface area contributed by atoms with Gasteiger partial charge in [0.25, 0.3) is 5.88 Å². The molecule has 3 atom stereocenters. The van der Waals surface area contributed by atoms with Crippen LogP contribution in [0.5, 0.6) is 17.6 Å². The van der Waals surface area contributed by atoms with Gasteiger partial charge in [-0.25, -0.2) is 0 Å². The number of halogens is 3. The highest BCUT2D eigenvalue weighted by molar-refractivity contribution is 7.18. The molecule has 0 unspecified atom stereocenters. The number of nitrogens with zero attached hydrogens (tertiary/aromatic N) is 5. The molecule has 0 saturated heterocycles. The summed E-state index contributed by atoms with van der Waals surface area (Å²) in [7, 11) is 14.9. The van der Waals surface area contributed by atoms with Crippen molar-refractivity contribution < 1.29 is 32.5 Å². The number of aliphatic hydroxyl groups excluding tert-OH is 1. The lowest BCUT2D eigenvalue weighted by Crippen LogP contribution is -2.40. The maximum atomic E-state index is 13.1. The Morgan fingerprint density at radius 1 is 0.979 bits per heavy atom. The fourth-order valence-electron chi connectivity index (χ4n) is 5.64. The second kappa shape index (κ2) is 13.9. The van der Waals surface area contributed by atoms with E-state index < -0.39 is 29.3 Å². The van der Waals surface area contributed by atoms with Crippen molar-refractivity contribution in [1.29, 1.82) is 0 Å². The topological polar surface area (TPSA) is 115 Å². The fourth-order valence-corrected chi connectivity index (χ4v) is 6.68. The SMILES string of the molecule is BC(B)(B)Oc1cc(-c2ccc(CN[C@H]3C[C@@H](O)[C@@H](N(C)c4nc(OC)nc5sc(CC(F)(F)F)cc45)C3)cc2)nnc1OC(B)(B)B. The number of hydrogen-bond donors (Lipinski definition) is 2. The van der Waals surface area contributed by atoms with Gasteiger partial charge < -0.3 is 29.5 Å². The fraction of sp³-hybridized carbons (Fsp3) is 0.429. The van der Waals surface area contributed by atoms with Gasteiger partial charge in [-0.2, -0.15) is 23.1 Å². The third-order valence-corrected chi connectivity index (χ3v) is 8.71. The van der Waals surface area contributed by atoms with Gasteiger partial charge in [0.05, 0.1) is 36.8 Å². The lowest BCUT2D eigenvalue weighted by molar-refractivity contribution is -0.126. The Balaban J connectivity index is 1.25.